The maximum atomic E-state index is 11.5. The van der Waals surface area contributed by atoms with Crippen LogP contribution < -0.4 is 10.6 Å². The fourth-order valence-corrected chi connectivity index (χ4v) is 1.63. The number of nitrogens with one attached hydrogen (secondary N) is 2. The Balaban J connectivity index is 2.65. The summed E-state index contributed by atoms with van der Waals surface area (Å²) in [6, 6.07) is 4.10. The molecule has 94 valence electrons. The summed E-state index contributed by atoms with van der Waals surface area (Å²) in [5, 5.41) is 15.9. The zero-order valence-electron chi connectivity index (χ0n) is 9.27. The number of carbonyl (C=O) groups is 1. The third kappa shape index (κ3) is 4.16. The first kappa shape index (κ1) is 14.2. The number of non-ortho nitro benzene ring substituents is 1. The molecule has 0 heterocycles. The van der Waals surface area contributed by atoms with Gasteiger partial charge in [-0.25, -0.2) is 0 Å². The van der Waals surface area contributed by atoms with E-state index in [2.05, 4.69) is 32.5 Å². The molecule has 6 nitrogen and oxygen atoms in total. The molecule has 1 aromatic carbocycles. The summed E-state index contributed by atoms with van der Waals surface area (Å²) in [6.07, 6.45) is 5.02. The highest BCUT2D eigenvalue weighted by Gasteiger charge is 2.10. The zero-order chi connectivity index (χ0) is 13.5. The van der Waals surface area contributed by atoms with Gasteiger partial charge < -0.3 is 5.32 Å². The third-order valence-electron chi connectivity index (χ3n) is 1.95. The number of halogens is 1. The maximum Gasteiger partial charge on any atom is 0.270 e. The molecule has 1 rings (SSSR count). The van der Waals surface area contributed by atoms with E-state index in [1.54, 1.807) is 0 Å². The van der Waals surface area contributed by atoms with Crippen LogP contribution in [0.15, 0.2) is 22.7 Å². The lowest BCUT2D eigenvalue weighted by atomic mass is 10.3. The maximum absolute atomic E-state index is 11.5. The topological polar surface area (TPSA) is 84.3 Å². The highest BCUT2D eigenvalue weighted by molar-refractivity contribution is 9.10. The van der Waals surface area contributed by atoms with Gasteiger partial charge in [-0.1, -0.05) is 5.92 Å². The van der Waals surface area contributed by atoms with Crippen molar-refractivity contribution < 1.29 is 9.72 Å². The van der Waals surface area contributed by atoms with Crippen molar-refractivity contribution in [1.82, 2.24) is 5.32 Å². The van der Waals surface area contributed by atoms with Crippen LogP contribution in [0.3, 0.4) is 0 Å². The standard InChI is InChI=1S/C11H10BrN3O3/c1-2-5-13-7-11(16)14-10-4-3-8(15(17)18)6-9(10)12/h1,3-4,6,13H,5,7H2,(H,14,16). The molecule has 1 aromatic rings. The molecular formula is C11H10BrN3O3. The van der Waals surface area contributed by atoms with Gasteiger partial charge in [0.25, 0.3) is 5.69 Å². The van der Waals surface area contributed by atoms with E-state index in [0.717, 1.165) is 0 Å². The van der Waals surface area contributed by atoms with Crippen LogP contribution in [0.25, 0.3) is 0 Å². The van der Waals surface area contributed by atoms with Gasteiger partial charge in [-0.2, -0.15) is 0 Å². The quantitative estimate of drug-likeness (QED) is 0.374. The summed E-state index contributed by atoms with van der Waals surface area (Å²) in [4.78, 5) is 21.5. The Bertz CT molecular complexity index is 511. The van der Waals surface area contributed by atoms with Gasteiger partial charge in [-0.3, -0.25) is 20.2 Å². The van der Waals surface area contributed by atoms with Crippen molar-refractivity contribution in [3.8, 4) is 12.3 Å². The second-order valence-corrected chi connectivity index (χ2v) is 4.13. The van der Waals surface area contributed by atoms with Crippen LogP contribution in [-0.2, 0) is 4.79 Å². The van der Waals surface area contributed by atoms with E-state index in [9.17, 15) is 14.9 Å². The fourth-order valence-electron chi connectivity index (χ4n) is 1.16. The Labute approximate surface area is 112 Å². The van der Waals surface area contributed by atoms with Gasteiger partial charge in [0.1, 0.15) is 0 Å². The van der Waals surface area contributed by atoms with Crippen LogP contribution in [0.1, 0.15) is 0 Å². The Morgan fingerprint density at radius 1 is 1.56 bits per heavy atom. The molecule has 18 heavy (non-hydrogen) atoms. The minimum Gasteiger partial charge on any atom is -0.324 e. The van der Waals surface area contributed by atoms with Gasteiger partial charge in [0.2, 0.25) is 5.91 Å². The van der Waals surface area contributed by atoms with E-state index in [0.29, 0.717) is 16.7 Å². The first-order chi connectivity index (χ1) is 8.54. The zero-order valence-corrected chi connectivity index (χ0v) is 10.9. The van der Waals surface area contributed by atoms with Gasteiger partial charge in [0.05, 0.1) is 23.7 Å². The second kappa shape index (κ2) is 6.74. The number of nitro benzene ring substituents is 1. The van der Waals surface area contributed by atoms with E-state index in [1.165, 1.54) is 18.2 Å². The SMILES string of the molecule is C#CCNCC(=O)Nc1ccc([N+](=O)[O-])cc1Br. The minimum atomic E-state index is -0.509. The molecule has 7 heteroatoms. The third-order valence-corrected chi connectivity index (χ3v) is 2.61. The molecule has 0 saturated heterocycles. The van der Waals surface area contributed by atoms with Gasteiger partial charge in [0, 0.05) is 16.6 Å². The predicted octanol–water partition coefficient (Wildman–Crippen LogP) is 1.52. The Kier molecular flexibility index (Phi) is 5.30. The number of benzene rings is 1. The number of carbonyl (C=O) groups excluding carboxylic acids is 1. The number of hydrogen-bond donors (Lipinski definition) is 2. The number of terminal acetylenes is 1. The Hall–Kier alpha value is -1.91. The monoisotopic (exact) mass is 311 g/mol. The van der Waals surface area contributed by atoms with Gasteiger partial charge >= 0.3 is 0 Å². The Morgan fingerprint density at radius 2 is 2.28 bits per heavy atom. The van der Waals surface area contributed by atoms with Gasteiger partial charge in [-0.05, 0) is 22.0 Å². The number of hydrogen-bond acceptors (Lipinski definition) is 4. The van der Waals surface area contributed by atoms with Crippen molar-refractivity contribution >= 4 is 33.2 Å². The smallest absolute Gasteiger partial charge is 0.270 e. The van der Waals surface area contributed by atoms with Crippen LogP contribution in [0, 0.1) is 22.5 Å². The molecule has 0 atom stereocenters. The summed E-state index contributed by atoms with van der Waals surface area (Å²) in [5.41, 5.74) is 0.415. The van der Waals surface area contributed by atoms with Crippen LogP contribution >= 0.6 is 15.9 Å². The van der Waals surface area contributed by atoms with E-state index in [4.69, 9.17) is 6.42 Å². The average Bonchev–Trinajstić information content (AvgIpc) is 2.32. The van der Waals surface area contributed by atoms with Crippen LogP contribution in [0.2, 0.25) is 0 Å². The van der Waals surface area contributed by atoms with Crippen molar-refractivity contribution in [3.05, 3.63) is 32.8 Å². The van der Waals surface area contributed by atoms with Crippen molar-refractivity contribution in [2.24, 2.45) is 0 Å². The molecule has 0 aliphatic heterocycles. The summed E-state index contributed by atoms with van der Waals surface area (Å²) >= 11 is 3.15. The molecule has 0 saturated carbocycles. The predicted molar refractivity (Wildman–Crippen MR) is 71.1 cm³/mol. The first-order valence-corrected chi connectivity index (χ1v) is 5.72. The highest BCUT2D eigenvalue weighted by Crippen LogP contribution is 2.26. The van der Waals surface area contributed by atoms with E-state index in [1.807, 2.05) is 0 Å². The van der Waals surface area contributed by atoms with Crippen molar-refractivity contribution in [2.75, 3.05) is 18.4 Å². The molecule has 0 spiro atoms. The molecule has 0 bridgehead atoms. The summed E-state index contributed by atoms with van der Waals surface area (Å²) in [7, 11) is 0. The lowest BCUT2D eigenvalue weighted by Crippen LogP contribution is -2.28. The molecule has 0 aromatic heterocycles. The Morgan fingerprint density at radius 3 is 2.83 bits per heavy atom. The average molecular weight is 312 g/mol. The first-order valence-electron chi connectivity index (χ1n) is 4.92. The van der Waals surface area contributed by atoms with E-state index < -0.39 is 4.92 Å². The molecule has 0 unspecified atom stereocenters. The molecule has 0 aliphatic rings. The number of anilines is 1. The van der Waals surface area contributed by atoms with Crippen molar-refractivity contribution in [3.63, 3.8) is 0 Å². The number of amides is 1. The van der Waals surface area contributed by atoms with Gasteiger partial charge in [-0.15, -0.1) is 6.42 Å². The van der Waals surface area contributed by atoms with Crippen molar-refractivity contribution in [1.29, 1.82) is 0 Å². The number of nitrogens with zero attached hydrogens (tertiary/aromatic N) is 1. The summed E-state index contributed by atoms with van der Waals surface area (Å²) in [6.45, 7) is 0.377. The highest BCUT2D eigenvalue weighted by atomic mass is 79.9. The molecule has 1 amide bonds. The van der Waals surface area contributed by atoms with Gasteiger partial charge in [0.15, 0.2) is 0 Å². The van der Waals surface area contributed by atoms with Crippen molar-refractivity contribution in [2.45, 2.75) is 0 Å². The number of rotatable bonds is 5. The molecule has 0 fully saturated rings. The fraction of sp³-hybridized carbons (Fsp3) is 0.182. The molecule has 0 radical (unpaired) electrons. The van der Waals surface area contributed by atoms with Crippen LogP contribution in [0.4, 0.5) is 11.4 Å². The normalized spacial score (nSPS) is 9.56. The lowest BCUT2D eigenvalue weighted by Gasteiger charge is -2.07. The molecular weight excluding hydrogens is 302 g/mol. The summed E-state index contributed by atoms with van der Waals surface area (Å²) < 4.78 is 0.446. The molecule has 2 N–H and O–H groups in total. The van der Waals surface area contributed by atoms with Crippen LogP contribution in [0.5, 0.6) is 0 Å². The molecule has 0 aliphatic carbocycles. The number of nitro groups is 1. The second-order valence-electron chi connectivity index (χ2n) is 3.28. The lowest BCUT2D eigenvalue weighted by molar-refractivity contribution is -0.384. The van der Waals surface area contributed by atoms with E-state index >= 15 is 0 Å². The largest absolute Gasteiger partial charge is 0.324 e. The van der Waals surface area contributed by atoms with Crippen LogP contribution in [-0.4, -0.2) is 23.9 Å². The minimum absolute atomic E-state index is 0.0506. The summed E-state index contributed by atoms with van der Waals surface area (Å²) in [5.74, 6) is 2.06. The van der Waals surface area contributed by atoms with E-state index in [-0.39, 0.29) is 18.1 Å².